The summed E-state index contributed by atoms with van der Waals surface area (Å²) in [5, 5.41) is 0. The maximum absolute atomic E-state index is 12.6. The summed E-state index contributed by atoms with van der Waals surface area (Å²) >= 11 is 0. The van der Waals surface area contributed by atoms with Crippen LogP contribution in [-0.2, 0) is 27.7 Å². The molecule has 132 valence electrons. The first-order valence-electron chi connectivity index (χ1n) is 8.43. The zero-order chi connectivity index (χ0) is 18.0. The number of carbonyl (C=O) groups is 1. The van der Waals surface area contributed by atoms with Crippen LogP contribution >= 0.6 is 0 Å². The second kappa shape index (κ2) is 6.88. The molecule has 0 saturated carbocycles. The SMILES string of the molecule is CCCc1ccc(S(=O)(=O)Nc2ccc3c(c2)CCN3C(C)=O)cc1. The smallest absolute Gasteiger partial charge is 0.261 e. The topological polar surface area (TPSA) is 66.5 Å². The van der Waals surface area contributed by atoms with Gasteiger partial charge in [0, 0.05) is 24.8 Å². The number of benzene rings is 2. The molecule has 0 aliphatic carbocycles. The van der Waals surface area contributed by atoms with Crippen molar-refractivity contribution in [2.24, 2.45) is 0 Å². The Balaban J connectivity index is 1.81. The summed E-state index contributed by atoms with van der Waals surface area (Å²) in [7, 11) is -3.62. The van der Waals surface area contributed by atoms with Crippen molar-refractivity contribution in [1.29, 1.82) is 0 Å². The minimum absolute atomic E-state index is 0.000695. The van der Waals surface area contributed by atoms with Gasteiger partial charge in [-0.25, -0.2) is 8.42 Å². The van der Waals surface area contributed by atoms with Gasteiger partial charge in [0.2, 0.25) is 5.91 Å². The number of amides is 1. The lowest BCUT2D eigenvalue weighted by atomic mass is 10.1. The maximum atomic E-state index is 12.6. The zero-order valence-electron chi connectivity index (χ0n) is 14.5. The average Bonchev–Trinajstić information content (AvgIpc) is 2.98. The van der Waals surface area contributed by atoms with Crippen LogP contribution in [0.25, 0.3) is 0 Å². The first kappa shape index (κ1) is 17.5. The Morgan fingerprint density at radius 1 is 1.16 bits per heavy atom. The molecule has 0 atom stereocenters. The number of hydrogen-bond acceptors (Lipinski definition) is 3. The molecule has 0 unspecified atom stereocenters. The highest BCUT2D eigenvalue weighted by Gasteiger charge is 2.23. The molecule has 1 aliphatic rings. The zero-order valence-corrected chi connectivity index (χ0v) is 15.3. The lowest BCUT2D eigenvalue weighted by Gasteiger charge is -2.15. The lowest BCUT2D eigenvalue weighted by molar-refractivity contribution is -0.116. The third kappa shape index (κ3) is 3.69. The largest absolute Gasteiger partial charge is 0.312 e. The molecule has 1 heterocycles. The number of sulfonamides is 1. The third-order valence-corrected chi connectivity index (χ3v) is 5.78. The van der Waals surface area contributed by atoms with Gasteiger partial charge >= 0.3 is 0 Å². The van der Waals surface area contributed by atoms with Gasteiger partial charge in [0.1, 0.15) is 0 Å². The van der Waals surface area contributed by atoms with Crippen molar-refractivity contribution >= 4 is 27.3 Å². The number of anilines is 2. The van der Waals surface area contributed by atoms with E-state index in [2.05, 4.69) is 11.6 Å². The number of nitrogens with zero attached hydrogens (tertiary/aromatic N) is 1. The molecule has 0 aromatic heterocycles. The van der Waals surface area contributed by atoms with Crippen molar-refractivity contribution in [2.45, 2.75) is 38.0 Å². The van der Waals surface area contributed by atoms with E-state index in [0.717, 1.165) is 36.1 Å². The highest BCUT2D eigenvalue weighted by Crippen LogP contribution is 2.31. The van der Waals surface area contributed by atoms with Crippen molar-refractivity contribution in [3.05, 3.63) is 53.6 Å². The normalized spacial score (nSPS) is 13.6. The van der Waals surface area contributed by atoms with Gasteiger partial charge in [0.05, 0.1) is 4.90 Å². The molecule has 1 N–H and O–H groups in total. The summed E-state index contributed by atoms with van der Waals surface area (Å²) in [6, 6.07) is 12.3. The molecule has 5 nitrogen and oxygen atoms in total. The predicted molar refractivity (Wildman–Crippen MR) is 99.4 cm³/mol. The van der Waals surface area contributed by atoms with E-state index in [1.807, 2.05) is 12.1 Å². The Kier molecular flexibility index (Phi) is 4.81. The van der Waals surface area contributed by atoms with Crippen molar-refractivity contribution in [3.63, 3.8) is 0 Å². The standard InChI is InChI=1S/C19H22N2O3S/c1-3-4-15-5-8-18(9-6-15)25(23,24)20-17-7-10-19-16(13-17)11-12-21(19)14(2)22/h5-10,13,20H,3-4,11-12H2,1-2H3. The molecule has 1 amide bonds. The van der Waals surface area contributed by atoms with Crippen LogP contribution in [0.2, 0.25) is 0 Å². The first-order valence-corrected chi connectivity index (χ1v) is 9.92. The van der Waals surface area contributed by atoms with Crippen LogP contribution < -0.4 is 9.62 Å². The second-order valence-corrected chi connectivity index (χ2v) is 7.95. The Morgan fingerprint density at radius 2 is 1.88 bits per heavy atom. The molecule has 0 bridgehead atoms. The van der Waals surface area contributed by atoms with Crippen LogP contribution in [-0.4, -0.2) is 20.9 Å². The van der Waals surface area contributed by atoms with Gasteiger partial charge in [-0.3, -0.25) is 9.52 Å². The molecular weight excluding hydrogens is 336 g/mol. The number of aryl methyl sites for hydroxylation is 1. The first-order chi connectivity index (χ1) is 11.9. The monoisotopic (exact) mass is 358 g/mol. The van der Waals surface area contributed by atoms with E-state index in [9.17, 15) is 13.2 Å². The van der Waals surface area contributed by atoms with Gasteiger partial charge in [-0.05, 0) is 54.3 Å². The number of rotatable bonds is 5. The highest BCUT2D eigenvalue weighted by atomic mass is 32.2. The lowest BCUT2D eigenvalue weighted by Crippen LogP contribution is -2.25. The second-order valence-electron chi connectivity index (χ2n) is 6.26. The van der Waals surface area contributed by atoms with Gasteiger partial charge in [-0.1, -0.05) is 25.5 Å². The van der Waals surface area contributed by atoms with Crippen molar-refractivity contribution in [2.75, 3.05) is 16.2 Å². The van der Waals surface area contributed by atoms with Crippen molar-refractivity contribution in [3.8, 4) is 0 Å². The van der Waals surface area contributed by atoms with Crippen LogP contribution in [0.15, 0.2) is 47.4 Å². The number of carbonyl (C=O) groups excluding carboxylic acids is 1. The minimum Gasteiger partial charge on any atom is -0.312 e. The van der Waals surface area contributed by atoms with Crippen molar-refractivity contribution < 1.29 is 13.2 Å². The summed E-state index contributed by atoms with van der Waals surface area (Å²) in [5.41, 5.74) is 3.48. The molecule has 2 aromatic rings. The molecule has 1 aliphatic heterocycles. The molecule has 0 fully saturated rings. The molecule has 0 radical (unpaired) electrons. The predicted octanol–water partition coefficient (Wildman–Crippen LogP) is 3.35. The van der Waals surface area contributed by atoms with E-state index in [-0.39, 0.29) is 10.8 Å². The van der Waals surface area contributed by atoms with E-state index >= 15 is 0 Å². The van der Waals surface area contributed by atoms with E-state index in [0.29, 0.717) is 12.2 Å². The molecule has 6 heteroatoms. The van der Waals surface area contributed by atoms with E-state index in [1.165, 1.54) is 6.92 Å². The fraction of sp³-hybridized carbons (Fsp3) is 0.316. The van der Waals surface area contributed by atoms with Crippen molar-refractivity contribution in [1.82, 2.24) is 0 Å². The summed E-state index contributed by atoms with van der Waals surface area (Å²) in [5.74, 6) is -0.000695. The maximum Gasteiger partial charge on any atom is 0.261 e. The van der Waals surface area contributed by atoms with Gasteiger partial charge in [0.15, 0.2) is 0 Å². The van der Waals surface area contributed by atoms with Gasteiger partial charge in [-0.15, -0.1) is 0 Å². The Hall–Kier alpha value is -2.34. The summed E-state index contributed by atoms with van der Waals surface area (Å²) in [6.07, 6.45) is 2.69. The number of fused-ring (bicyclic) bond motifs is 1. The van der Waals surface area contributed by atoms with Crippen LogP contribution in [0.1, 0.15) is 31.4 Å². The Labute approximate surface area is 148 Å². The molecule has 0 saturated heterocycles. The van der Waals surface area contributed by atoms with Crippen LogP contribution in [0.5, 0.6) is 0 Å². The number of hydrogen-bond donors (Lipinski definition) is 1. The fourth-order valence-corrected chi connectivity index (χ4v) is 4.18. The number of nitrogens with one attached hydrogen (secondary N) is 1. The van der Waals surface area contributed by atoms with E-state index < -0.39 is 10.0 Å². The third-order valence-electron chi connectivity index (χ3n) is 4.38. The Morgan fingerprint density at radius 3 is 2.52 bits per heavy atom. The molecule has 3 rings (SSSR count). The molecular formula is C19H22N2O3S. The van der Waals surface area contributed by atoms with Crippen LogP contribution in [0, 0.1) is 0 Å². The molecule has 0 spiro atoms. The van der Waals surface area contributed by atoms with Crippen LogP contribution in [0.4, 0.5) is 11.4 Å². The summed E-state index contributed by atoms with van der Waals surface area (Å²) < 4.78 is 27.8. The summed E-state index contributed by atoms with van der Waals surface area (Å²) in [6.45, 7) is 4.26. The van der Waals surface area contributed by atoms with Gasteiger partial charge < -0.3 is 4.90 Å². The Bertz CT molecular complexity index is 889. The minimum atomic E-state index is -3.62. The fourth-order valence-electron chi connectivity index (χ4n) is 3.13. The quantitative estimate of drug-likeness (QED) is 0.891. The highest BCUT2D eigenvalue weighted by molar-refractivity contribution is 7.92. The molecule has 2 aromatic carbocycles. The van der Waals surface area contributed by atoms with Gasteiger partial charge in [-0.2, -0.15) is 0 Å². The summed E-state index contributed by atoms with van der Waals surface area (Å²) in [4.78, 5) is 13.6. The van der Waals surface area contributed by atoms with E-state index in [1.54, 1.807) is 35.2 Å². The van der Waals surface area contributed by atoms with E-state index in [4.69, 9.17) is 0 Å². The average molecular weight is 358 g/mol. The van der Waals surface area contributed by atoms with Gasteiger partial charge in [0.25, 0.3) is 10.0 Å². The van der Waals surface area contributed by atoms with Crippen LogP contribution in [0.3, 0.4) is 0 Å². The molecule has 25 heavy (non-hydrogen) atoms.